The highest BCUT2D eigenvalue weighted by atomic mass is 127. The molecular weight excluding hydrogens is 405 g/mol. The molecule has 0 aliphatic carbocycles. The number of benzene rings is 1. The van der Waals surface area contributed by atoms with Crippen molar-refractivity contribution in [2.45, 2.75) is 52.6 Å². The number of phenols is 1. The SMILES string of the molecule is COc1ccc(O)c(CN=C(N)NC(C)CCCC(C)C)c1.I. The van der Waals surface area contributed by atoms with Crippen LogP contribution < -0.4 is 15.8 Å². The number of ether oxygens (including phenoxy) is 1. The van der Waals surface area contributed by atoms with Crippen LogP contribution in [0.1, 0.15) is 45.6 Å². The molecule has 0 aliphatic rings. The monoisotopic (exact) mass is 435 g/mol. The zero-order valence-corrected chi connectivity index (χ0v) is 16.8. The Morgan fingerprint density at radius 2 is 2.00 bits per heavy atom. The van der Waals surface area contributed by atoms with Gasteiger partial charge in [-0.25, -0.2) is 4.99 Å². The van der Waals surface area contributed by atoms with Crippen molar-refractivity contribution in [3.05, 3.63) is 23.8 Å². The van der Waals surface area contributed by atoms with Crippen LogP contribution in [0.2, 0.25) is 0 Å². The molecule has 1 unspecified atom stereocenters. The lowest BCUT2D eigenvalue weighted by atomic mass is 10.0. The zero-order valence-electron chi connectivity index (χ0n) is 14.5. The molecule has 0 bridgehead atoms. The van der Waals surface area contributed by atoms with E-state index in [9.17, 15) is 5.11 Å². The number of nitrogens with one attached hydrogen (secondary N) is 1. The summed E-state index contributed by atoms with van der Waals surface area (Å²) >= 11 is 0. The van der Waals surface area contributed by atoms with Gasteiger partial charge in [-0.15, -0.1) is 24.0 Å². The number of phenolic OH excluding ortho intramolecular Hbond substituents is 1. The Kier molecular flexibility index (Phi) is 10.8. The van der Waals surface area contributed by atoms with Crippen LogP contribution in [0.3, 0.4) is 0 Å². The standard InChI is InChI=1S/C17H29N3O2.HI/c1-12(2)6-5-7-13(3)20-17(18)19-11-14-10-15(22-4)8-9-16(14)21;/h8-10,12-13,21H,5-7,11H2,1-4H3,(H3,18,19,20);1H. The molecule has 132 valence electrons. The van der Waals surface area contributed by atoms with E-state index in [1.165, 1.54) is 12.8 Å². The fraction of sp³-hybridized carbons (Fsp3) is 0.588. The van der Waals surface area contributed by atoms with Gasteiger partial charge in [0.25, 0.3) is 0 Å². The Bertz CT molecular complexity index is 493. The van der Waals surface area contributed by atoms with Gasteiger partial charge >= 0.3 is 0 Å². The smallest absolute Gasteiger partial charge is 0.189 e. The first-order chi connectivity index (χ1) is 10.4. The first-order valence-corrected chi connectivity index (χ1v) is 7.84. The molecule has 1 rings (SSSR count). The molecule has 0 aromatic heterocycles. The van der Waals surface area contributed by atoms with Crippen LogP contribution in [0.15, 0.2) is 23.2 Å². The van der Waals surface area contributed by atoms with Gasteiger partial charge in [0.15, 0.2) is 5.96 Å². The van der Waals surface area contributed by atoms with Crippen molar-refractivity contribution in [1.29, 1.82) is 0 Å². The molecule has 0 saturated heterocycles. The van der Waals surface area contributed by atoms with E-state index in [1.807, 2.05) is 0 Å². The van der Waals surface area contributed by atoms with Crippen LogP contribution in [0.5, 0.6) is 11.5 Å². The normalized spacial score (nSPS) is 12.7. The third-order valence-electron chi connectivity index (χ3n) is 3.52. The van der Waals surface area contributed by atoms with Gasteiger partial charge in [0.1, 0.15) is 11.5 Å². The van der Waals surface area contributed by atoms with E-state index in [4.69, 9.17) is 10.5 Å². The molecule has 0 heterocycles. The highest BCUT2D eigenvalue weighted by Crippen LogP contribution is 2.23. The van der Waals surface area contributed by atoms with E-state index in [-0.39, 0.29) is 29.7 Å². The average Bonchev–Trinajstić information content (AvgIpc) is 2.46. The van der Waals surface area contributed by atoms with Crippen molar-refractivity contribution >= 4 is 29.9 Å². The van der Waals surface area contributed by atoms with Gasteiger partial charge in [-0.3, -0.25) is 0 Å². The number of guanidine groups is 1. The summed E-state index contributed by atoms with van der Waals surface area (Å²) in [5, 5.41) is 13.0. The lowest BCUT2D eigenvalue weighted by Crippen LogP contribution is -2.38. The van der Waals surface area contributed by atoms with Crippen LogP contribution in [0, 0.1) is 5.92 Å². The van der Waals surface area contributed by atoms with Crippen LogP contribution >= 0.6 is 24.0 Å². The van der Waals surface area contributed by atoms with Gasteiger partial charge in [-0.05, 0) is 37.5 Å². The summed E-state index contributed by atoms with van der Waals surface area (Å²) in [6.07, 6.45) is 3.47. The summed E-state index contributed by atoms with van der Waals surface area (Å²) in [6, 6.07) is 5.36. The first kappa shape index (κ1) is 21.8. The van der Waals surface area contributed by atoms with Crippen LogP contribution in [0.25, 0.3) is 0 Å². The number of nitrogens with two attached hydrogens (primary N) is 1. The number of rotatable bonds is 8. The molecule has 0 spiro atoms. The van der Waals surface area contributed by atoms with E-state index in [0.717, 1.165) is 12.3 Å². The Balaban J connectivity index is 0.00000484. The van der Waals surface area contributed by atoms with Gasteiger partial charge in [0.05, 0.1) is 13.7 Å². The first-order valence-electron chi connectivity index (χ1n) is 7.84. The fourth-order valence-corrected chi connectivity index (χ4v) is 2.19. The second-order valence-corrected chi connectivity index (χ2v) is 6.07. The number of hydrogen-bond donors (Lipinski definition) is 3. The van der Waals surface area contributed by atoms with Gasteiger partial charge in [-0.1, -0.05) is 26.7 Å². The molecule has 6 heteroatoms. The number of aliphatic imine (C=N–C) groups is 1. The topological polar surface area (TPSA) is 79.9 Å². The molecule has 0 amide bonds. The number of aromatic hydroxyl groups is 1. The summed E-state index contributed by atoms with van der Waals surface area (Å²) in [4.78, 5) is 4.28. The maximum atomic E-state index is 9.81. The lowest BCUT2D eigenvalue weighted by Gasteiger charge is -2.15. The molecule has 0 fully saturated rings. The van der Waals surface area contributed by atoms with Crippen LogP contribution in [-0.2, 0) is 6.54 Å². The molecule has 5 nitrogen and oxygen atoms in total. The van der Waals surface area contributed by atoms with E-state index in [2.05, 4.69) is 31.1 Å². The maximum Gasteiger partial charge on any atom is 0.189 e. The summed E-state index contributed by atoms with van der Waals surface area (Å²) in [6.45, 7) is 6.88. The van der Waals surface area contributed by atoms with Crippen LogP contribution in [-0.4, -0.2) is 24.2 Å². The summed E-state index contributed by atoms with van der Waals surface area (Å²) in [7, 11) is 1.59. The van der Waals surface area contributed by atoms with Crippen LogP contribution in [0.4, 0.5) is 0 Å². The Labute approximate surface area is 156 Å². The molecular formula is C17H30IN3O2. The van der Waals surface area contributed by atoms with Crippen molar-refractivity contribution < 1.29 is 9.84 Å². The zero-order chi connectivity index (χ0) is 16.5. The third kappa shape index (κ3) is 8.88. The van der Waals surface area contributed by atoms with E-state index < -0.39 is 0 Å². The number of hydrogen-bond acceptors (Lipinski definition) is 3. The lowest BCUT2D eigenvalue weighted by molar-refractivity contribution is 0.411. The van der Waals surface area contributed by atoms with Gasteiger partial charge < -0.3 is 20.9 Å². The molecule has 4 N–H and O–H groups in total. The highest BCUT2D eigenvalue weighted by Gasteiger charge is 2.05. The summed E-state index contributed by atoms with van der Waals surface area (Å²) < 4.78 is 5.14. The number of methoxy groups -OCH3 is 1. The molecule has 1 atom stereocenters. The minimum Gasteiger partial charge on any atom is -0.508 e. The maximum absolute atomic E-state index is 9.81. The second-order valence-electron chi connectivity index (χ2n) is 6.07. The molecule has 23 heavy (non-hydrogen) atoms. The molecule has 1 aromatic carbocycles. The summed E-state index contributed by atoms with van der Waals surface area (Å²) in [5.41, 5.74) is 6.59. The largest absolute Gasteiger partial charge is 0.508 e. The predicted molar refractivity (Wildman–Crippen MR) is 107 cm³/mol. The second kappa shape index (κ2) is 11.4. The number of halogens is 1. The van der Waals surface area contributed by atoms with Crippen molar-refractivity contribution in [2.75, 3.05) is 7.11 Å². The van der Waals surface area contributed by atoms with E-state index in [0.29, 0.717) is 29.9 Å². The molecule has 0 saturated carbocycles. The average molecular weight is 435 g/mol. The Morgan fingerprint density at radius 3 is 2.61 bits per heavy atom. The minimum absolute atomic E-state index is 0. The van der Waals surface area contributed by atoms with E-state index >= 15 is 0 Å². The van der Waals surface area contributed by atoms with Crippen molar-refractivity contribution in [1.82, 2.24) is 5.32 Å². The summed E-state index contributed by atoms with van der Waals surface area (Å²) in [5.74, 6) is 2.02. The molecule has 1 aromatic rings. The quantitative estimate of drug-likeness (QED) is 0.331. The number of nitrogens with zero attached hydrogens (tertiary/aromatic N) is 1. The van der Waals surface area contributed by atoms with Crippen molar-refractivity contribution in [3.8, 4) is 11.5 Å². The minimum atomic E-state index is 0. The third-order valence-corrected chi connectivity index (χ3v) is 3.52. The predicted octanol–water partition coefficient (Wildman–Crippen LogP) is 3.64. The molecule has 0 radical (unpaired) electrons. The van der Waals surface area contributed by atoms with Gasteiger partial charge in [0.2, 0.25) is 0 Å². The van der Waals surface area contributed by atoms with Crippen molar-refractivity contribution in [3.63, 3.8) is 0 Å². The van der Waals surface area contributed by atoms with E-state index in [1.54, 1.807) is 25.3 Å². The van der Waals surface area contributed by atoms with Gasteiger partial charge in [-0.2, -0.15) is 0 Å². The Hall–Kier alpha value is -1.18. The van der Waals surface area contributed by atoms with Gasteiger partial charge in [0, 0.05) is 11.6 Å². The Morgan fingerprint density at radius 1 is 1.30 bits per heavy atom. The highest BCUT2D eigenvalue weighted by molar-refractivity contribution is 14.0. The molecule has 0 aliphatic heterocycles. The van der Waals surface area contributed by atoms with Crippen molar-refractivity contribution in [2.24, 2.45) is 16.6 Å². The fourth-order valence-electron chi connectivity index (χ4n) is 2.19.